The second kappa shape index (κ2) is 8.64. The van der Waals surface area contributed by atoms with Gasteiger partial charge in [0.2, 0.25) is 6.10 Å². The molecule has 2 aromatic rings. The molecule has 2 aliphatic heterocycles. The standard InChI is InChI=1S/C23H26N2O4/c1-2-28-23(27)17-10-12-25(13-11-17)22(26)21-15-19(24-29-21)14-18-8-5-7-16-6-3-4-9-20(16)18/h3-9,17,21H,2,10-15H2,1H3. The van der Waals surface area contributed by atoms with E-state index in [1.54, 1.807) is 4.90 Å². The molecule has 2 aliphatic rings. The van der Waals surface area contributed by atoms with Crippen molar-refractivity contribution in [3.8, 4) is 0 Å². The second-order valence-corrected chi connectivity index (χ2v) is 7.62. The topological polar surface area (TPSA) is 68.2 Å². The van der Waals surface area contributed by atoms with Crippen LogP contribution in [0.1, 0.15) is 31.7 Å². The molecule has 0 radical (unpaired) electrons. The van der Waals surface area contributed by atoms with E-state index in [2.05, 4.69) is 29.4 Å². The fraction of sp³-hybridized carbons (Fsp3) is 0.435. The van der Waals surface area contributed by atoms with Gasteiger partial charge in [-0.05, 0) is 36.1 Å². The third kappa shape index (κ3) is 4.26. The van der Waals surface area contributed by atoms with E-state index in [0.717, 1.165) is 5.71 Å². The number of oxime groups is 1. The zero-order valence-corrected chi connectivity index (χ0v) is 16.7. The summed E-state index contributed by atoms with van der Waals surface area (Å²) in [5, 5.41) is 6.60. The van der Waals surface area contributed by atoms with Crippen LogP contribution in [0.15, 0.2) is 47.6 Å². The highest BCUT2D eigenvalue weighted by Gasteiger charge is 2.35. The van der Waals surface area contributed by atoms with Crippen molar-refractivity contribution in [2.75, 3.05) is 19.7 Å². The predicted molar refractivity (Wildman–Crippen MR) is 111 cm³/mol. The number of likely N-dealkylation sites (tertiary alicyclic amines) is 1. The largest absolute Gasteiger partial charge is 0.466 e. The third-order valence-electron chi connectivity index (χ3n) is 5.71. The summed E-state index contributed by atoms with van der Waals surface area (Å²) in [6, 6.07) is 14.5. The molecule has 1 unspecified atom stereocenters. The van der Waals surface area contributed by atoms with Crippen LogP contribution >= 0.6 is 0 Å². The number of ether oxygens (including phenoxy) is 1. The molecule has 0 bridgehead atoms. The van der Waals surface area contributed by atoms with E-state index in [1.807, 2.05) is 25.1 Å². The molecule has 152 valence electrons. The van der Waals surface area contributed by atoms with Gasteiger partial charge in [-0.15, -0.1) is 0 Å². The molecule has 1 fully saturated rings. The van der Waals surface area contributed by atoms with E-state index in [0.29, 0.717) is 45.4 Å². The van der Waals surface area contributed by atoms with Crippen molar-refractivity contribution in [2.24, 2.45) is 11.1 Å². The molecule has 0 N–H and O–H groups in total. The summed E-state index contributed by atoms with van der Waals surface area (Å²) in [5.41, 5.74) is 2.08. The predicted octanol–water partition coefficient (Wildman–Crippen LogP) is 3.33. The first-order valence-corrected chi connectivity index (χ1v) is 10.3. The molecule has 1 saturated heterocycles. The molecule has 6 nitrogen and oxygen atoms in total. The Balaban J connectivity index is 1.33. The molecule has 1 atom stereocenters. The number of fused-ring (bicyclic) bond motifs is 1. The van der Waals surface area contributed by atoms with Crippen molar-refractivity contribution in [1.82, 2.24) is 4.90 Å². The van der Waals surface area contributed by atoms with E-state index >= 15 is 0 Å². The van der Waals surface area contributed by atoms with E-state index in [1.165, 1.54) is 16.3 Å². The van der Waals surface area contributed by atoms with Crippen LogP contribution in [0.4, 0.5) is 0 Å². The number of rotatable bonds is 5. The summed E-state index contributed by atoms with van der Waals surface area (Å²) in [6.45, 7) is 3.32. The summed E-state index contributed by atoms with van der Waals surface area (Å²) in [4.78, 5) is 32.0. The molecule has 2 aromatic carbocycles. The summed E-state index contributed by atoms with van der Waals surface area (Å²) in [6.07, 6.45) is 1.91. The maximum Gasteiger partial charge on any atom is 0.309 e. The van der Waals surface area contributed by atoms with Crippen molar-refractivity contribution in [1.29, 1.82) is 0 Å². The lowest BCUT2D eigenvalue weighted by Gasteiger charge is -2.31. The SMILES string of the molecule is CCOC(=O)C1CCN(C(=O)C2CC(Cc3cccc4ccccc34)=NO2)CC1. The number of amides is 1. The molecular weight excluding hydrogens is 368 g/mol. The quantitative estimate of drug-likeness (QED) is 0.730. The molecular formula is C23H26N2O4. The summed E-state index contributed by atoms with van der Waals surface area (Å²) >= 11 is 0. The van der Waals surface area contributed by atoms with Gasteiger partial charge < -0.3 is 14.5 Å². The molecule has 4 rings (SSSR count). The van der Waals surface area contributed by atoms with Gasteiger partial charge in [-0.3, -0.25) is 9.59 Å². The number of carbonyl (C=O) groups excluding carboxylic acids is 2. The van der Waals surface area contributed by atoms with Crippen molar-refractivity contribution >= 4 is 28.4 Å². The third-order valence-corrected chi connectivity index (χ3v) is 5.71. The van der Waals surface area contributed by atoms with Crippen LogP contribution in [0.3, 0.4) is 0 Å². The number of esters is 1. The Morgan fingerprint density at radius 3 is 2.69 bits per heavy atom. The second-order valence-electron chi connectivity index (χ2n) is 7.62. The molecule has 2 heterocycles. The molecule has 0 spiro atoms. The van der Waals surface area contributed by atoms with Crippen LogP contribution in [0.5, 0.6) is 0 Å². The van der Waals surface area contributed by atoms with E-state index < -0.39 is 6.10 Å². The van der Waals surface area contributed by atoms with Gasteiger partial charge in [0.25, 0.3) is 5.91 Å². The number of carbonyl (C=O) groups is 2. The van der Waals surface area contributed by atoms with Gasteiger partial charge >= 0.3 is 5.97 Å². The fourth-order valence-corrected chi connectivity index (χ4v) is 4.13. The van der Waals surface area contributed by atoms with Gasteiger partial charge in [0.15, 0.2) is 0 Å². The Kier molecular flexibility index (Phi) is 5.79. The number of hydrogen-bond donors (Lipinski definition) is 0. The lowest BCUT2D eigenvalue weighted by molar-refractivity contribution is -0.153. The zero-order valence-electron chi connectivity index (χ0n) is 16.7. The number of benzene rings is 2. The van der Waals surface area contributed by atoms with E-state index in [-0.39, 0.29) is 17.8 Å². The van der Waals surface area contributed by atoms with Gasteiger partial charge in [-0.1, -0.05) is 47.6 Å². The lowest BCUT2D eigenvalue weighted by atomic mass is 9.95. The molecule has 6 heteroatoms. The summed E-state index contributed by atoms with van der Waals surface area (Å²) in [5.74, 6) is -0.303. The van der Waals surface area contributed by atoms with Gasteiger partial charge in [0.1, 0.15) is 0 Å². The molecule has 29 heavy (non-hydrogen) atoms. The first-order valence-electron chi connectivity index (χ1n) is 10.3. The minimum absolute atomic E-state index is 0.0380. The minimum Gasteiger partial charge on any atom is -0.466 e. The van der Waals surface area contributed by atoms with Gasteiger partial charge in [-0.2, -0.15) is 0 Å². The summed E-state index contributed by atoms with van der Waals surface area (Å²) < 4.78 is 5.09. The Morgan fingerprint density at radius 2 is 1.90 bits per heavy atom. The average Bonchev–Trinajstić information content (AvgIpc) is 3.22. The fourth-order valence-electron chi connectivity index (χ4n) is 4.13. The van der Waals surface area contributed by atoms with E-state index in [9.17, 15) is 9.59 Å². The highest BCUT2D eigenvalue weighted by molar-refractivity contribution is 5.97. The van der Waals surface area contributed by atoms with Gasteiger partial charge in [-0.25, -0.2) is 0 Å². The van der Waals surface area contributed by atoms with Crippen LogP contribution in [0, 0.1) is 5.92 Å². The van der Waals surface area contributed by atoms with Crippen molar-refractivity contribution in [3.63, 3.8) is 0 Å². The van der Waals surface area contributed by atoms with E-state index in [4.69, 9.17) is 9.57 Å². The van der Waals surface area contributed by atoms with Crippen LogP contribution in [-0.4, -0.2) is 48.3 Å². The first kappa shape index (κ1) is 19.4. The highest BCUT2D eigenvalue weighted by atomic mass is 16.6. The maximum atomic E-state index is 12.8. The Bertz CT molecular complexity index is 926. The smallest absolute Gasteiger partial charge is 0.309 e. The highest BCUT2D eigenvalue weighted by Crippen LogP contribution is 2.24. The average molecular weight is 394 g/mol. The maximum absolute atomic E-state index is 12.8. The monoisotopic (exact) mass is 394 g/mol. The Labute approximate surface area is 170 Å². The van der Waals surface area contributed by atoms with Crippen LogP contribution in [0.2, 0.25) is 0 Å². The van der Waals surface area contributed by atoms with Crippen molar-refractivity contribution < 1.29 is 19.2 Å². The number of nitrogens with zero attached hydrogens (tertiary/aromatic N) is 2. The normalized spacial score (nSPS) is 19.7. The van der Waals surface area contributed by atoms with Crippen LogP contribution in [-0.2, 0) is 25.6 Å². The molecule has 0 aliphatic carbocycles. The summed E-state index contributed by atoms with van der Waals surface area (Å²) in [7, 11) is 0. The Hall–Kier alpha value is -2.89. The first-order chi connectivity index (χ1) is 14.2. The lowest BCUT2D eigenvalue weighted by Crippen LogP contribution is -2.45. The zero-order chi connectivity index (χ0) is 20.2. The van der Waals surface area contributed by atoms with Crippen LogP contribution in [0.25, 0.3) is 10.8 Å². The van der Waals surface area contributed by atoms with Gasteiger partial charge in [0.05, 0.1) is 18.2 Å². The molecule has 0 aromatic heterocycles. The molecule has 1 amide bonds. The Morgan fingerprint density at radius 1 is 1.14 bits per heavy atom. The minimum atomic E-state index is -0.556. The van der Waals surface area contributed by atoms with Crippen LogP contribution < -0.4 is 0 Å². The number of hydrogen-bond acceptors (Lipinski definition) is 5. The van der Waals surface area contributed by atoms with Crippen molar-refractivity contribution in [2.45, 2.75) is 38.7 Å². The number of piperidine rings is 1. The van der Waals surface area contributed by atoms with Crippen molar-refractivity contribution in [3.05, 3.63) is 48.0 Å². The molecule has 0 saturated carbocycles. The van der Waals surface area contributed by atoms with Gasteiger partial charge in [0, 0.05) is 25.9 Å².